The molecular formula is C17H13FN2O3. The van der Waals surface area contributed by atoms with E-state index in [0.717, 1.165) is 6.07 Å². The van der Waals surface area contributed by atoms with E-state index in [0.29, 0.717) is 24.4 Å². The fraction of sp³-hybridized carbons (Fsp3) is 0.176. The van der Waals surface area contributed by atoms with Gasteiger partial charge in [0.15, 0.2) is 0 Å². The predicted octanol–water partition coefficient (Wildman–Crippen LogP) is 2.31. The topological polar surface area (TPSA) is 73.6 Å². The quantitative estimate of drug-likeness (QED) is 0.944. The molecule has 1 N–H and O–H groups in total. The molecule has 0 radical (unpaired) electrons. The number of benzene rings is 2. The second kappa shape index (κ2) is 5.97. The summed E-state index contributed by atoms with van der Waals surface area (Å²) in [6.07, 6.45) is -0.160. The number of phenols is 1. The molecule has 1 aliphatic rings. The predicted molar refractivity (Wildman–Crippen MR) is 79.5 cm³/mol. The van der Waals surface area contributed by atoms with Gasteiger partial charge in [-0.1, -0.05) is 0 Å². The molecule has 0 saturated carbocycles. The van der Waals surface area contributed by atoms with Crippen LogP contribution in [0.4, 0.5) is 4.39 Å². The normalized spacial score (nSPS) is 14.0. The van der Waals surface area contributed by atoms with Crippen LogP contribution in [0.2, 0.25) is 0 Å². The summed E-state index contributed by atoms with van der Waals surface area (Å²) in [5, 5.41) is 17.9. The number of aromatic hydroxyl groups is 1. The lowest BCUT2D eigenvalue weighted by Gasteiger charge is -2.39. The standard InChI is InChI=1S/C17H13FN2O3/c18-16-7-12(21)3-6-15(16)17(22)20-9-14(10-20)23-13-4-1-11(8-19)2-5-13/h1-7,14,21H,9-10H2. The third-order valence-corrected chi connectivity index (χ3v) is 3.60. The minimum Gasteiger partial charge on any atom is -0.508 e. The molecule has 0 unspecified atom stereocenters. The van der Waals surface area contributed by atoms with E-state index < -0.39 is 11.7 Å². The van der Waals surface area contributed by atoms with Crippen LogP contribution in [-0.2, 0) is 0 Å². The Morgan fingerprint density at radius 2 is 1.96 bits per heavy atom. The number of rotatable bonds is 3. The van der Waals surface area contributed by atoms with Crippen molar-refractivity contribution in [2.45, 2.75) is 6.10 Å². The summed E-state index contributed by atoms with van der Waals surface area (Å²) < 4.78 is 19.4. The van der Waals surface area contributed by atoms with Crippen LogP contribution in [0, 0.1) is 17.1 Å². The smallest absolute Gasteiger partial charge is 0.257 e. The Labute approximate surface area is 132 Å². The van der Waals surface area contributed by atoms with Gasteiger partial charge in [-0.25, -0.2) is 4.39 Å². The van der Waals surface area contributed by atoms with Gasteiger partial charge in [-0.2, -0.15) is 5.26 Å². The van der Waals surface area contributed by atoms with E-state index in [-0.39, 0.29) is 17.4 Å². The summed E-state index contributed by atoms with van der Waals surface area (Å²) in [6, 6.07) is 12.2. The highest BCUT2D eigenvalue weighted by atomic mass is 19.1. The Balaban J connectivity index is 1.58. The van der Waals surface area contributed by atoms with Crippen LogP contribution in [0.25, 0.3) is 0 Å². The number of carbonyl (C=O) groups is 1. The lowest BCUT2D eigenvalue weighted by Crippen LogP contribution is -2.56. The maximum atomic E-state index is 13.7. The Morgan fingerprint density at radius 3 is 2.57 bits per heavy atom. The Kier molecular flexibility index (Phi) is 3.85. The van der Waals surface area contributed by atoms with Gasteiger partial charge in [-0.15, -0.1) is 0 Å². The Hall–Kier alpha value is -3.07. The van der Waals surface area contributed by atoms with Crippen molar-refractivity contribution < 1.29 is 19.0 Å². The molecule has 6 heteroatoms. The number of hydrogen-bond acceptors (Lipinski definition) is 4. The van der Waals surface area contributed by atoms with Gasteiger partial charge in [-0.3, -0.25) is 4.79 Å². The first-order valence-electron chi connectivity index (χ1n) is 7.01. The van der Waals surface area contributed by atoms with Crippen molar-refractivity contribution in [3.63, 3.8) is 0 Å². The molecular weight excluding hydrogens is 299 g/mol. The van der Waals surface area contributed by atoms with Crippen molar-refractivity contribution in [1.82, 2.24) is 4.90 Å². The first kappa shape index (κ1) is 14.9. The fourth-order valence-corrected chi connectivity index (χ4v) is 2.33. The van der Waals surface area contributed by atoms with Crippen LogP contribution in [-0.4, -0.2) is 35.1 Å². The zero-order chi connectivity index (χ0) is 16.4. The maximum Gasteiger partial charge on any atom is 0.257 e. The highest BCUT2D eigenvalue weighted by Crippen LogP contribution is 2.22. The van der Waals surface area contributed by atoms with Crippen molar-refractivity contribution in [1.29, 1.82) is 5.26 Å². The number of halogens is 1. The summed E-state index contributed by atoms with van der Waals surface area (Å²) in [5.41, 5.74) is 0.477. The van der Waals surface area contributed by atoms with Gasteiger partial charge in [0, 0.05) is 6.07 Å². The van der Waals surface area contributed by atoms with E-state index in [1.165, 1.54) is 17.0 Å². The van der Waals surface area contributed by atoms with E-state index in [4.69, 9.17) is 15.1 Å². The molecule has 1 amide bonds. The van der Waals surface area contributed by atoms with E-state index in [9.17, 15) is 9.18 Å². The van der Waals surface area contributed by atoms with Crippen molar-refractivity contribution in [3.8, 4) is 17.6 Å². The summed E-state index contributed by atoms with van der Waals surface area (Å²) in [6.45, 7) is 0.721. The maximum absolute atomic E-state index is 13.7. The van der Waals surface area contributed by atoms with Gasteiger partial charge in [-0.05, 0) is 36.4 Å². The van der Waals surface area contributed by atoms with E-state index in [1.807, 2.05) is 6.07 Å². The van der Waals surface area contributed by atoms with Crippen molar-refractivity contribution in [2.75, 3.05) is 13.1 Å². The average Bonchev–Trinajstić information content (AvgIpc) is 2.50. The number of likely N-dealkylation sites (tertiary alicyclic amines) is 1. The molecule has 1 fully saturated rings. The van der Waals surface area contributed by atoms with Crippen molar-refractivity contribution in [2.24, 2.45) is 0 Å². The van der Waals surface area contributed by atoms with Crippen LogP contribution in [0.5, 0.6) is 11.5 Å². The number of nitrogens with zero attached hydrogens (tertiary/aromatic N) is 2. The molecule has 0 spiro atoms. The van der Waals surface area contributed by atoms with Gasteiger partial charge in [0.1, 0.15) is 23.4 Å². The monoisotopic (exact) mass is 312 g/mol. The summed E-state index contributed by atoms with van der Waals surface area (Å²) in [5.74, 6) is -0.768. The molecule has 2 aromatic carbocycles. The fourth-order valence-electron chi connectivity index (χ4n) is 2.33. The first-order chi connectivity index (χ1) is 11.1. The van der Waals surface area contributed by atoms with Crippen LogP contribution < -0.4 is 4.74 Å². The third-order valence-electron chi connectivity index (χ3n) is 3.60. The molecule has 0 atom stereocenters. The summed E-state index contributed by atoms with van der Waals surface area (Å²) in [4.78, 5) is 13.6. The van der Waals surface area contributed by atoms with Gasteiger partial charge >= 0.3 is 0 Å². The van der Waals surface area contributed by atoms with Crippen LogP contribution in [0.15, 0.2) is 42.5 Å². The first-order valence-corrected chi connectivity index (χ1v) is 7.01. The molecule has 116 valence electrons. The summed E-state index contributed by atoms with van der Waals surface area (Å²) >= 11 is 0. The Morgan fingerprint density at radius 1 is 1.26 bits per heavy atom. The van der Waals surface area contributed by atoms with Gasteiger partial charge in [0.2, 0.25) is 0 Å². The zero-order valence-corrected chi connectivity index (χ0v) is 12.1. The highest BCUT2D eigenvalue weighted by molar-refractivity contribution is 5.95. The van der Waals surface area contributed by atoms with E-state index in [2.05, 4.69) is 0 Å². The number of ether oxygens (including phenoxy) is 1. The molecule has 2 aromatic rings. The van der Waals surface area contributed by atoms with Crippen LogP contribution in [0.1, 0.15) is 15.9 Å². The lowest BCUT2D eigenvalue weighted by molar-refractivity contribution is 0.0174. The summed E-state index contributed by atoms with van der Waals surface area (Å²) in [7, 11) is 0. The molecule has 0 aromatic heterocycles. The number of phenolic OH excluding ortho intramolecular Hbond substituents is 1. The van der Waals surface area contributed by atoms with Crippen LogP contribution >= 0.6 is 0 Å². The minimum atomic E-state index is -0.744. The molecule has 23 heavy (non-hydrogen) atoms. The second-order valence-corrected chi connectivity index (χ2v) is 5.25. The molecule has 0 bridgehead atoms. The third kappa shape index (κ3) is 3.09. The second-order valence-electron chi connectivity index (χ2n) is 5.25. The SMILES string of the molecule is N#Cc1ccc(OC2CN(C(=O)c3ccc(O)cc3F)C2)cc1. The highest BCUT2D eigenvalue weighted by Gasteiger charge is 2.33. The molecule has 1 aliphatic heterocycles. The van der Waals surface area contributed by atoms with Gasteiger partial charge in [0.25, 0.3) is 5.91 Å². The Bertz CT molecular complexity index is 777. The molecule has 3 rings (SSSR count). The molecule has 1 heterocycles. The molecule has 0 aliphatic carbocycles. The van der Waals surface area contributed by atoms with Gasteiger partial charge in [0.05, 0.1) is 30.3 Å². The zero-order valence-electron chi connectivity index (χ0n) is 12.1. The van der Waals surface area contributed by atoms with E-state index >= 15 is 0 Å². The number of nitriles is 1. The van der Waals surface area contributed by atoms with Crippen molar-refractivity contribution in [3.05, 3.63) is 59.4 Å². The number of amides is 1. The van der Waals surface area contributed by atoms with Crippen molar-refractivity contribution >= 4 is 5.91 Å². The van der Waals surface area contributed by atoms with E-state index in [1.54, 1.807) is 24.3 Å². The largest absolute Gasteiger partial charge is 0.508 e. The lowest BCUT2D eigenvalue weighted by atomic mass is 10.1. The van der Waals surface area contributed by atoms with Gasteiger partial charge < -0.3 is 14.7 Å². The molecule has 1 saturated heterocycles. The number of carbonyl (C=O) groups excluding carboxylic acids is 1. The minimum absolute atomic E-state index is 0.0698. The molecule has 5 nitrogen and oxygen atoms in total. The average molecular weight is 312 g/mol. The van der Waals surface area contributed by atoms with Crippen LogP contribution in [0.3, 0.4) is 0 Å². The number of hydrogen-bond donors (Lipinski definition) is 1.